The van der Waals surface area contributed by atoms with E-state index in [-0.39, 0.29) is 37.6 Å². The van der Waals surface area contributed by atoms with Crippen molar-refractivity contribution in [3.63, 3.8) is 0 Å². The van der Waals surface area contributed by atoms with E-state index >= 15 is 0 Å². The Morgan fingerprint density at radius 1 is 0.900 bits per heavy atom. The molecule has 1 aromatic carbocycles. The Kier molecular flexibility index (Phi) is 8.89. The van der Waals surface area contributed by atoms with Gasteiger partial charge in [0.25, 0.3) is 11.8 Å². The van der Waals surface area contributed by atoms with Gasteiger partial charge in [-0.15, -0.1) is 5.06 Å². The minimum atomic E-state index is -4.10. The molecule has 1 aliphatic rings. The van der Waals surface area contributed by atoms with E-state index in [9.17, 15) is 23.7 Å². The lowest BCUT2D eigenvalue weighted by molar-refractivity contribution is -0.197. The molecule has 0 saturated carbocycles. The van der Waals surface area contributed by atoms with Crippen LogP contribution in [0, 0.1) is 0 Å². The predicted molar refractivity (Wildman–Crippen MR) is 106 cm³/mol. The van der Waals surface area contributed by atoms with E-state index in [1.807, 2.05) is 0 Å². The molecule has 164 valence electrons. The Morgan fingerprint density at radius 3 is 2.00 bits per heavy atom. The highest BCUT2D eigenvalue weighted by Crippen LogP contribution is 2.38. The van der Waals surface area contributed by atoms with Crippen LogP contribution in [0.2, 0.25) is 0 Å². The van der Waals surface area contributed by atoms with Gasteiger partial charge in [-0.25, -0.2) is 4.79 Å². The zero-order chi connectivity index (χ0) is 22.1. The number of amides is 2. The van der Waals surface area contributed by atoms with Gasteiger partial charge >= 0.3 is 13.6 Å². The molecular formula is C20H26NO8P. The Morgan fingerprint density at radius 2 is 1.43 bits per heavy atom. The first-order valence-electron chi connectivity index (χ1n) is 9.85. The Balaban J connectivity index is 1.56. The number of carbonyl (C=O) groups is 4. The number of hydrogen-bond acceptors (Lipinski definition) is 6. The van der Waals surface area contributed by atoms with E-state index in [0.29, 0.717) is 29.9 Å². The summed E-state index contributed by atoms with van der Waals surface area (Å²) < 4.78 is 11.0. The zero-order valence-electron chi connectivity index (χ0n) is 16.6. The smallest absolute Gasteiger partial charge is 0.330 e. The van der Waals surface area contributed by atoms with Crippen LogP contribution in [0.5, 0.6) is 0 Å². The summed E-state index contributed by atoms with van der Waals surface area (Å²) in [6.07, 6.45) is 3.31. The van der Waals surface area contributed by atoms with Gasteiger partial charge in [-0.05, 0) is 24.0 Å². The van der Waals surface area contributed by atoms with Crippen molar-refractivity contribution in [3.8, 4) is 0 Å². The first kappa shape index (κ1) is 23.9. The lowest BCUT2D eigenvalue weighted by atomic mass is 10.0. The van der Waals surface area contributed by atoms with Gasteiger partial charge in [-0.1, -0.05) is 37.1 Å². The van der Waals surface area contributed by atoms with Crippen LogP contribution in [0.1, 0.15) is 62.5 Å². The summed E-state index contributed by atoms with van der Waals surface area (Å²) in [5, 5.41) is 0.541. The van der Waals surface area contributed by atoms with Crippen molar-refractivity contribution < 1.29 is 38.4 Å². The Labute approximate surface area is 174 Å². The molecule has 0 bridgehead atoms. The van der Waals surface area contributed by atoms with Crippen molar-refractivity contribution in [1.29, 1.82) is 0 Å². The normalized spacial score (nSPS) is 14.3. The van der Waals surface area contributed by atoms with Gasteiger partial charge in [0.05, 0.1) is 6.16 Å². The molecule has 0 radical (unpaired) electrons. The van der Waals surface area contributed by atoms with Crippen LogP contribution >= 0.6 is 7.60 Å². The van der Waals surface area contributed by atoms with Crippen molar-refractivity contribution in [3.05, 3.63) is 35.4 Å². The van der Waals surface area contributed by atoms with Gasteiger partial charge < -0.3 is 14.6 Å². The van der Waals surface area contributed by atoms with Crippen molar-refractivity contribution in [1.82, 2.24) is 5.06 Å². The van der Waals surface area contributed by atoms with Crippen LogP contribution < -0.4 is 0 Å². The second-order valence-corrected chi connectivity index (χ2v) is 8.96. The number of carbonyl (C=O) groups excluding carboxylic acids is 4. The van der Waals surface area contributed by atoms with Crippen molar-refractivity contribution >= 4 is 31.2 Å². The van der Waals surface area contributed by atoms with E-state index < -0.39 is 25.4 Å². The summed E-state index contributed by atoms with van der Waals surface area (Å²) in [7, 11) is -4.10. The van der Waals surface area contributed by atoms with E-state index in [1.54, 1.807) is 24.3 Å². The molecular weight excluding hydrogens is 413 g/mol. The molecule has 1 aliphatic heterocycles. The van der Waals surface area contributed by atoms with Gasteiger partial charge in [0.1, 0.15) is 5.78 Å². The number of nitrogens with zero attached hydrogens (tertiary/aromatic N) is 1. The van der Waals surface area contributed by atoms with Gasteiger partial charge in [0.2, 0.25) is 0 Å². The fraction of sp³-hybridized carbons (Fsp3) is 0.500. The van der Waals surface area contributed by atoms with Gasteiger partial charge in [0, 0.05) is 32.1 Å². The summed E-state index contributed by atoms with van der Waals surface area (Å²) in [5.74, 6) is -1.54. The molecule has 0 unspecified atom stereocenters. The third kappa shape index (κ3) is 8.57. The maximum absolute atomic E-state index is 12.1. The van der Waals surface area contributed by atoms with Gasteiger partial charge in [-0.3, -0.25) is 18.9 Å². The summed E-state index contributed by atoms with van der Waals surface area (Å²) in [6.45, 7) is 0. The topological polar surface area (TPSA) is 138 Å². The number of ketones is 1. The third-order valence-corrected chi connectivity index (χ3v) is 5.38. The minimum Gasteiger partial charge on any atom is -0.330 e. The van der Waals surface area contributed by atoms with Crippen molar-refractivity contribution in [2.24, 2.45) is 0 Å². The molecule has 30 heavy (non-hydrogen) atoms. The van der Waals surface area contributed by atoms with E-state index in [1.165, 1.54) is 0 Å². The molecule has 0 aromatic heterocycles. The second-order valence-electron chi connectivity index (χ2n) is 7.31. The summed E-state index contributed by atoms with van der Waals surface area (Å²) >= 11 is 0. The summed E-state index contributed by atoms with van der Waals surface area (Å²) in [4.78, 5) is 69.2. The summed E-state index contributed by atoms with van der Waals surface area (Å²) in [5.41, 5.74) is 1.32. The van der Waals surface area contributed by atoms with Crippen LogP contribution in [-0.4, -0.2) is 38.4 Å². The van der Waals surface area contributed by atoms with Crippen LogP contribution in [0.25, 0.3) is 0 Å². The second kappa shape index (κ2) is 11.2. The fourth-order valence-corrected chi connectivity index (χ4v) is 3.75. The molecule has 1 fully saturated rings. The average Bonchev–Trinajstić information content (AvgIpc) is 2.97. The molecule has 10 heteroatoms. The SMILES string of the molecule is O=C(CCCCCCC(=O)ON1C(=O)CCC1=O)Cc1ccc(CP(=O)(O)O)cc1. The first-order chi connectivity index (χ1) is 14.1. The molecule has 2 N–H and O–H groups in total. The number of benzene rings is 1. The molecule has 2 rings (SSSR count). The highest BCUT2D eigenvalue weighted by atomic mass is 31.2. The lowest BCUT2D eigenvalue weighted by Crippen LogP contribution is -2.31. The molecule has 9 nitrogen and oxygen atoms in total. The Bertz CT molecular complexity index is 814. The summed E-state index contributed by atoms with van der Waals surface area (Å²) in [6, 6.07) is 6.63. The van der Waals surface area contributed by atoms with E-state index in [2.05, 4.69) is 0 Å². The number of hydrogen-bond donors (Lipinski definition) is 2. The van der Waals surface area contributed by atoms with Crippen molar-refractivity contribution in [2.75, 3.05) is 0 Å². The molecule has 1 aromatic rings. The van der Waals surface area contributed by atoms with E-state index in [4.69, 9.17) is 14.6 Å². The van der Waals surface area contributed by atoms with Crippen LogP contribution in [0.15, 0.2) is 24.3 Å². The number of unbranched alkanes of at least 4 members (excludes halogenated alkanes) is 3. The highest BCUT2D eigenvalue weighted by Gasteiger charge is 2.32. The minimum absolute atomic E-state index is 0.0671. The standard InChI is InChI=1S/C20H26NO8P/c22-17(13-15-7-9-16(10-8-15)14-30(26,27)28)5-3-1-2-4-6-20(25)29-21-18(23)11-12-19(21)24/h7-10H,1-6,11-14H2,(H2,26,27,28). The Hall–Kier alpha value is -2.35. The number of imide groups is 1. The maximum Gasteiger partial charge on any atom is 0.333 e. The predicted octanol–water partition coefficient (Wildman–Crippen LogP) is 2.42. The third-order valence-electron chi connectivity index (χ3n) is 4.60. The van der Waals surface area contributed by atoms with Gasteiger partial charge in [-0.2, -0.15) is 0 Å². The zero-order valence-corrected chi connectivity index (χ0v) is 17.5. The molecule has 0 spiro atoms. The van der Waals surface area contributed by atoms with Gasteiger partial charge in [0.15, 0.2) is 0 Å². The van der Waals surface area contributed by atoms with E-state index in [0.717, 1.165) is 18.4 Å². The fourth-order valence-electron chi connectivity index (χ4n) is 3.07. The first-order valence-corrected chi connectivity index (χ1v) is 11.6. The monoisotopic (exact) mass is 439 g/mol. The van der Waals surface area contributed by atoms with Crippen LogP contribution in [0.4, 0.5) is 0 Å². The highest BCUT2D eigenvalue weighted by molar-refractivity contribution is 7.50. The van der Waals surface area contributed by atoms with Crippen molar-refractivity contribution in [2.45, 2.75) is 63.9 Å². The molecule has 2 amide bonds. The molecule has 0 aliphatic carbocycles. The maximum atomic E-state index is 12.1. The quantitative estimate of drug-likeness (QED) is 0.288. The number of Topliss-reactive ketones (excluding diaryl/α,β-unsaturated/α-hetero) is 1. The molecule has 1 saturated heterocycles. The number of rotatable bonds is 12. The average molecular weight is 439 g/mol. The molecule has 0 atom stereocenters. The largest absolute Gasteiger partial charge is 0.333 e. The van der Waals surface area contributed by atoms with Crippen LogP contribution in [-0.2, 0) is 41.2 Å². The molecule has 1 heterocycles. The lowest BCUT2D eigenvalue weighted by Gasteiger charge is -2.12. The van der Waals surface area contributed by atoms with Crippen LogP contribution in [0.3, 0.4) is 0 Å². The number of hydroxylamine groups is 2.